The molecular formula is C20H14FN3O3. The number of carbonyl (C=O) groups excluding carboxylic acids is 1. The number of ether oxygens (including phenoxy) is 1. The van der Waals surface area contributed by atoms with Gasteiger partial charge >= 0.3 is 5.97 Å². The van der Waals surface area contributed by atoms with Crippen LogP contribution >= 0.6 is 0 Å². The zero-order chi connectivity index (χ0) is 19.2. The third-order valence-electron chi connectivity index (χ3n) is 3.82. The first-order valence-corrected chi connectivity index (χ1v) is 8.05. The SMILES string of the molecule is N#CCn1c(COC(=O)/C=C/c2ccccc2F)nc2ccccc2c1=O. The summed E-state index contributed by atoms with van der Waals surface area (Å²) in [6.07, 6.45) is 2.39. The molecule has 1 heterocycles. The van der Waals surface area contributed by atoms with Crippen LogP contribution in [-0.4, -0.2) is 15.5 Å². The molecule has 0 N–H and O–H groups in total. The summed E-state index contributed by atoms with van der Waals surface area (Å²) in [6, 6.07) is 14.6. The van der Waals surface area contributed by atoms with Crippen LogP contribution in [0, 0.1) is 17.1 Å². The molecule has 0 aliphatic heterocycles. The molecule has 1 aromatic heterocycles. The Morgan fingerprint density at radius 1 is 1.22 bits per heavy atom. The zero-order valence-corrected chi connectivity index (χ0v) is 14.1. The minimum absolute atomic E-state index is 0.160. The van der Waals surface area contributed by atoms with Crippen molar-refractivity contribution >= 4 is 22.9 Å². The Labute approximate surface area is 153 Å². The van der Waals surface area contributed by atoms with Gasteiger partial charge in [-0.15, -0.1) is 0 Å². The number of benzene rings is 2. The second-order valence-corrected chi connectivity index (χ2v) is 5.56. The zero-order valence-electron chi connectivity index (χ0n) is 14.1. The molecule has 0 aliphatic rings. The van der Waals surface area contributed by atoms with Gasteiger partial charge in [0.15, 0.2) is 5.82 Å². The van der Waals surface area contributed by atoms with Crippen LogP contribution in [-0.2, 0) is 22.7 Å². The Hall–Kier alpha value is -3.79. The van der Waals surface area contributed by atoms with Gasteiger partial charge < -0.3 is 4.74 Å². The lowest BCUT2D eigenvalue weighted by Crippen LogP contribution is -2.26. The first-order chi connectivity index (χ1) is 13.1. The molecule has 0 amide bonds. The molecule has 0 atom stereocenters. The Bertz CT molecular complexity index is 1130. The third-order valence-corrected chi connectivity index (χ3v) is 3.82. The number of halogens is 1. The van der Waals surface area contributed by atoms with E-state index >= 15 is 0 Å². The lowest BCUT2D eigenvalue weighted by Gasteiger charge is -2.10. The molecule has 0 saturated carbocycles. The molecular weight excluding hydrogens is 349 g/mol. The standard InChI is InChI=1S/C20H14FN3O3/c21-16-7-3-1-5-14(16)9-10-19(25)27-13-18-23-17-8-4-2-6-15(17)20(26)24(18)12-11-22/h1-10H,12-13H2/b10-9+. The highest BCUT2D eigenvalue weighted by atomic mass is 19.1. The van der Waals surface area contributed by atoms with E-state index in [4.69, 9.17) is 10.00 Å². The molecule has 7 heteroatoms. The van der Waals surface area contributed by atoms with Gasteiger partial charge in [0.05, 0.1) is 17.0 Å². The van der Waals surface area contributed by atoms with E-state index in [1.54, 1.807) is 36.4 Å². The largest absolute Gasteiger partial charge is 0.454 e. The number of hydrogen-bond donors (Lipinski definition) is 0. The molecule has 3 aromatic rings. The van der Waals surface area contributed by atoms with Crippen LogP contribution in [0.5, 0.6) is 0 Å². The lowest BCUT2D eigenvalue weighted by atomic mass is 10.2. The van der Waals surface area contributed by atoms with Crippen LogP contribution < -0.4 is 5.56 Å². The van der Waals surface area contributed by atoms with E-state index < -0.39 is 11.8 Å². The molecule has 2 aromatic carbocycles. The monoisotopic (exact) mass is 363 g/mol. The Kier molecular flexibility index (Phi) is 5.38. The average molecular weight is 363 g/mol. The number of hydrogen-bond acceptors (Lipinski definition) is 5. The van der Waals surface area contributed by atoms with E-state index in [0.29, 0.717) is 10.9 Å². The number of nitriles is 1. The minimum Gasteiger partial charge on any atom is -0.454 e. The summed E-state index contributed by atoms with van der Waals surface area (Å²) in [5.74, 6) is -1.02. The fourth-order valence-electron chi connectivity index (χ4n) is 2.51. The maximum Gasteiger partial charge on any atom is 0.331 e. The predicted molar refractivity (Wildman–Crippen MR) is 96.8 cm³/mol. The Morgan fingerprint density at radius 2 is 1.96 bits per heavy atom. The molecule has 0 bridgehead atoms. The highest BCUT2D eigenvalue weighted by Gasteiger charge is 2.12. The van der Waals surface area contributed by atoms with E-state index in [1.165, 1.54) is 18.2 Å². The molecule has 0 fully saturated rings. The van der Waals surface area contributed by atoms with Gasteiger partial charge in [0.1, 0.15) is 19.0 Å². The molecule has 0 spiro atoms. The van der Waals surface area contributed by atoms with E-state index in [0.717, 1.165) is 10.6 Å². The fraction of sp³-hybridized carbons (Fsp3) is 0.100. The summed E-state index contributed by atoms with van der Waals surface area (Å²) < 4.78 is 19.8. The predicted octanol–water partition coefficient (Wildman–Crippen LogP) is 2.82. The Morgan fingerprint density at radius 3 is 2.74 bits per heavy atom. The first-order valence-electron chi connectivity index (χ1n) is 8.05. The van der Waals surface area contributed by atoms with Gasteiger partial charge in [0.2, 0.25) is 0 Å². The van der Waals surface area contributed by atoms with Gasteiger partial charge in [-0.3, -0.25) is 9.36 Å². The van der Waals surface area contributed by atoms with Crippen molar-refractivity contribution < 1.29 is 13.9 Å². The molecule has 0 aliphatic carbocycles. The molecule has 6 nitrogen and oxygen atoms in total. The van der Waals surface area contributed by atoms with Crippen molar-refractivity contribution in [1.82, 2.24) is 9.55 Å². The van der Waals surface area contributed by atoms with Crippen molar-refractivity contribution in [1.29, 1.82) is 5.26 Å². The van der Waals surface area contributed by atoms with E-state index in [2.05, 4.69) is 4.98 Å². The first kappa shape index (κ1) is 18.0. The quantitative estimate of drug-likeness (QED) is 0.514. The van der Waals surface area contributed by atoms with Gasteiger partial charge in [-0.1, -0.05) is 30.3 Å². The summed E-state index contributed by atoms with van der Waals surface area (Å²) in [5, 5.41) is 9.34. The molecule has 0 unspecified atom stereocenters. The summed E-state index contributed by atoms with van der Waals surface area (Å²) >= 11 is 0. The fourth-order valence-corrected chi connectivity index (χ4v) is 2.51. The van der Waals surface area contributed by atoms with Crippen LogP contribution in [0.1, 0.15) is 11.4 Å². The highest BCUT2D eigenvalue weighted by molar-refractivity contribution is 5.87. The lowest BCUT2D eigenvalue weighted by molar-refractivity contribution is -0.139. The number of para-hydroxylation sites is 1. The van der Waals surface area contributed by atoms with Crippen LogP contribution in [0.15, 0.2) is 59.4 Å². The molecule has 0 radical (unpaired) electrons. The van der Waals surface area contributed by atoms with Crippen LogP contribution in [0.25, 0.3) is 17.0 Å². The normalized spacial score (nSPS) is 10.8. The van der Waals surface area contributed by atoms with Gasteiger partial charge in [-0.25, -0.2) is 14.2 Å². The van der Waals surface area contributed by atoms with Gasteiger partial charge in [-0.05, 0) is 24.3 Å². The number of esters is 1. The van der Waals surface area contributed by atoms with Crippen LogP contribution in [0.3, 0.4) is 0 Å². The summed E-state index contributed by atoms with van der Waals surface area (Å²) in [5.41, 5.74) is 0.319. The smallest absolute Gasteiger partial charge is 0.331 e. The second-order valence-electron chi connectivity index (χ2n) is 5.56. The average Bonchev–Trinajstić information content (AvgIpc) is 2.68. The number of nitrogens with zero attached hydrogens (tertiary/aromatic N) is 3. The van der Waals surface area contributed by atoms with Crippen molar-refractivity contribution in [2.75, 3.05) is 0 Å². The van der Waals surface area contributed by atoms with Gasteiger partial charge in [0.25, 0.3) is 5.56 Å². The molecule has 0 saturated heterocycles. The van der Waals surface area contributed by atoms with E-state index in [-0.39, 0.29) is 30.1 Å². The highest BCUT2D eigenvalue weighted by Crippen LogP contribution is 2.10. The second kappa shape index (κ2) is 8.06. The van der Waals surface area contributed by atoms with Gasteiger partial charge in [-0.2, -0.15) is 5.26 Å². The summed E-state index contributed by atoms with van der Waals surface area (Å²) in [4.78, 5) is 28.7. The maximum atomic E-state index is 13.5. The number of aromatic nitrogens is 2. The van der Waals surface area contributed by atoms with Crippen molar-refractivity contribution in [3.8, 4) is 6.07 Å². The molecule has 134 valence electrons. The van der Waals surface area contributed by atoms with Crippen LogP contribution in [0.2, 0.25) is 0 Å². The Balaban J connectivity index is 1.81. The van der Waals surface area contributed by atoms with Crippen molar-refractivity contribution in [2.45, 2.75) is 13.2 Å². The van der Waals surface area contributed by atoms with E-state index in [1.807, 2.05) is 6.07 Å². The molecule has 27 heavy (non-hydrogen) atoms. The third kappa shape index (κ3) is 4.07. The topological polar surface area (TPSA) is 85.0 Å². The van der Waals surface area contributed by atoms with Gasteiger partial charge in [0, 0.05) is 11.6 Å². The summed E-state index contributed by atoms with van der Waals surface area (Å²) in [6.45, 7) is -0.503. The number of carbonyl (C=O) groups is 1. The summed E-state index contributed by atoms with van der Waals surface area (Å²) in [7, 11) is 0. The maximum absolute atomic E-state index is 13.5. The number of rotatable bonds is 5. The van der Waals surface area contributed by atoms with Crippen molar-refractivity contribution in [2.24, 2.45) is 0 Å². The number of fused-ring (bicyclic) bond motifs is 1. The minimum atomic E-state index is -0.718. The van der Waals surface area contributed by atoms with Crippen molar-refractivity contribution in [3.63, 3.8) is 0 Å². The molecule has 3 rings (SSSR count). The van der Waals surface area contributed by atoms with Crippen LogP contribution in [0.4, 0.5) is 4.39 Å². The van der Waals surface area contributed by atoms with Crippen molar-refractivity contribution in [3.05, 3.63) is 82.2 Å². The van der Waals surface area contributed by atoms with E-state index in [9.17, 15) is 14.0 Å².